The van der Waals surface area contributed by atoms with Crippen LogP contribution in [0, 0.1) is 12.8 Å². The molecule has 2 unspecified atom stereocenters. The van der Waals surface area contributed by atoms with Gasteiger partial charge in [-0.3, -0.25) is 0 Å². The molecule has 1 aliphatic heterocycles. The summed E-state index contributed by atoms with van der Waals surface area (Å²) in [5.74, 6) is 1.69. The Morgan fingerprint density at radius 3 is 3.00 bits per heavy atom. The van der Waals surface area contributed by atoms with Gasteiger partial charge in [-0.05, 0) is 18.9 Å². The third-order valence-corrected chi connectivity index (χ3v) is 2.93. The monoisotopic (exact) mass is 176 g/mol. The van der Waals surface area contributed by atoms with E-state index in [0.29, 0.717) is 6.04 Å². The van der Waals surface area contributed by atoms with E-state index in [9.17, 15) is 0 Å². The van der Waals surface area contributed by atoms with Crippen molar-refractivity contribution in [3.8, 4) is 0 Å². The van der Waals surface area contributed by atoms with Gasteiger partial charge in [0.25, 0.3) is 0 Å². The van der Waals surface area contributed by atoms with Crippen LogP contribution in [0.5, 0.6) is 0 Å². The van der Waals surface area contributed by atoms with E-state index in [1.165, 1.54) is 5.57 Å². The van der Waals surface area contributed by atoms with Crippen LogP contribution in [0.25, 0.3) is 5.57 Å². The summed E-state index contributed by atoms with van der Waals surface area (Å²) < 4.78 is 5.23. The van der Waals surface area contributed by atoms with E-state index < -0.39 is 0 Å². The maximum Gasteiger partial charge on any atom is 0.162 e. The lowest BCUT2D eigenvalue weighted by Gasteiger charge is -2.31. The number of nitrogens with zero attached hydrogens (tertiary/aromatic N) is 1. The second-order valence-electron chi connectivity index (χ2n) is 3.91. The highest BCUT2D eigenvalue weighted by molar-refractivity contribution is 5.65. The number of hydrogen-bond acceptors (Lipinski definition) is 3. The SMILES string of the molecule is Cc1cc(C2=CC3CNC3C2)on1. The van der Waals surface area contributed by atoms with Crippen LogP contribution in [0.4, 0.5) is 0 Å². The molecule has 1 aromatic rings. The lowest BCUT2D eigenvalue weighted by Crippen LogP contribution is -2.49. The molecule has 0 spiro atoms. The normalized spacial score (nSPS) is 31.0. The predicted octanol–water partition coefficient (Wildman–Crippen LogP) is 1.36. The van der Waals surface area contributed by atoms with Gasteiger partial charge in [0.15, 0.2) is 5.76 Å². The molecule has 0 aromatic carbocycles. The average Bonchev–Trinajstić information content (AvgIpc) is 2.59. The van der Waals surface area contributed by atoms with Gasteiger partial charge in [0, 0.05) is 24.6 Å². The molecule has 3 nitrogen and oxygen atoms in total. The second kappa shape index (κ2) is 2.45. The molecule has 0 saturated carbocycles. The van der Waals surface area contributed by atoms with Gasteiger partial charge in [-0.25, -0.2) is 0 Å². The fourth-order valence-corrected chi connectivity index (χ4v) is 2.08. The summed E-state index contributed by atoms with van der Waals surface area (Å²) in [7, 11) is 0. The Kier molecular flexibility index (Phi) is 1.38. The molecule has 3 rings (SSSR count). The Balaban J connectivity index is 1.90. The average molecular weight is 176 g/mol. The van der Waals surface area contributed by atoms with Gasteiger partial charge in [-0.15, -0.1) is 0 Å². The Morgan fingerprint density at radius 1 is 1.62 bits per heavy atom. The lowest BCUT2D eigenvalue weighted by atomic mass is 9.96. The van der Waals surface area contributed by atoms with Gasteiger partial charge in [-0.1, -0.05) is 11.2 Å². The molecule has 2 heterocycles. The molecule has 1 aromatic heterocycles. The van der Waals surface area contributed by atoms with Gasteiger partial charge < -0.3 is 9.84 Å². The van der Waals surface area contributed by atoms with Gasteiger partial charge in [0.2, 0.25) is 0 Å². The Bertz CT molecular complexity index is 367. The van der Waals surface area contributed by atoms with Gasteiger partial charge in [0.05, 0.1) is 5.69 Å². The maximum atomic E-state index is 5.23. The van der Waals surface area contributed by atoms with E-state index >= 15 is 0 Å². The number of fused-ring (bicyclic) bond motifs is 1. The second-order valence-corrected chi connectivity index (χ2v) is 3.91. The van der Waals surface area contributed by atoms with Crippen molar-refractivity contribution in [2.75, 3.05) is 6.54 Å². The lowest BCUT2D eigenvalue weighted by molar-refractivity contribution is 0.306. The van der Waals surface area contributed by atoms with Crippen molar-refractivity contribution in [2.45, 2.75) is 19.4 Å². The summed E-state index contributed by atoms with van der Waals surface area (Å²) in [5.41, 5.74) is 2.28. The molecular formula is C10H12N2O. The third-order valence-electron chi connectivity index (χ3n) is 2.93. The van der Waals surface area contributed by atoms with E-state index in [2.05, 4.69) is 16.5 Å². The van der Waals surface area contributed by atoms with Crippen LogP contribution in [0.1, 0.15) is 17.9 Å². The highest BCUT2D eigenvalue weighted by Crippen LogP contribution is 2.35. The molecular weight excluding hydrogens is 164 g/mol. The minimum absolute atomic E-state index is 0.667. The van der Waals surface area contributed by atoms with Crippen molar-refractivity contribution < 1.29 is 4.52 Å². The summed E-state index contributed by atoms with van der Waals surface area (Å²) in [6.45, 7) is 3.08. The first-order valence-corrected chi connectivity index (χ1v) is 4.71. The molecule has 0 bridgehead atoms. The van der Waals surface area contributed by atoms with Crippen LogP contribution in [0.2, 0.25) is 0 Å². The predicted molar refractivity (Wildman–Crippen MR) is 49.1 cm³/mol. The van der Waals surface area contributed by atoms with E-state index in [1.54, 1.807) is 0 Å². The van der Waals surface area contributed by atoms with Crippen molar-refractivity contribution >= 4 is 5.57 Å². The van der Waals surface area contributed by atoms with Crippen LogP contribution in [0.15, 0.2) is 16.7 Å². The number of aromatic nitrogens is 1. The molecule has 2 aliphatic rings. The summed E-state index contributed by atoms with van der Waals surface area (Å²) in [6.07, 6.45) is 3.42. The Morgan fingerprint density at radius 2 is 2.54 bits per heavy atom. The van der Waals surface area contributed by atoms with Crippen LogP contribution in [0.3, 0.4) is 0 Å². The van der Waals surface area contributed by atoms with E-state index in [1.807, 2.05) is 13.0 Å². The number of hydrogen-bond donors (Lipinski definition) is 1. The minimum Gasteiger partial charge on any atom is -0.356 e. The maximum absolute atomic E-state index is 5.23. The fourth-order valence-electron chi connectivity index (χ4n) is 2.08. The Hall–Kier alpha value is -1.09. The highest BCUT2D eigenvalue weighted by atomic mass is 16.5. The van der Waals surface area contributed by atoms with Crippen LogP contribution in [-0.4, -0.2) is 17.7 Å². The molecule has 2 atom stereocenters. The highest BCUT2D eigenvalue weighted by Gasteiger charge is 2.35. The van der Waals surface area contributed by atoms with Crippen molar-refractivity contribution in [1.82, 2.24) is 10.5 Å². The minimum atomic E-state index is 0.667. The summed E-state index contributed by atoms with van der Waals surface area (Å²) in [4.78, 5) is 0. The van der Waals surface area contributed by atoms with E-state index in [0.717, 1.165) is 30.3 Å². The standard InChI is InChI=1S/C10H12N2O/c1-6-2-10(13-12-6)7-3-8-5-11-9(8)4-7/h2-3,8-9,11H,4-5H2,1H3. The van der Waals surface area contributed by atoms with E-state index in [4.69, 9.17) is 4.52 Å². The molecule has 1 aliphatic carbocycles. The molecule has 0 radical (unpaired) electrons. The molecule has 3 heteroatoms. The van der Waals surface area contributed by atoms with Crippen molar-refractivity contribution in [2.24, 2.45) is 5.92 Å². The molecule has 13 heavy (non-hydrogen) atoms. The molecule has 68 valence electrons. The first-order chi connectivity index (χ1) is 6.33. The van der Waals surface area contributed by atoms with Crippen molar-refractivity contribution in [3.05, 3.63) is 23.6 Å². The number of rotatable bonds is 1. The van der Waals surface area contributed by atoms with E-state index in [-0.39, 0.29) is 0 Å². The summed E-state index contributed by atoms with van der Waals surface area (Å²) in [5, 5.41) is 7.30. The van der Waals surface area contributed by atoms with Crippen molar-refractivity contribution in [1.29, 1.82) is 0 Å². The molecule has 1 fully saturated rings. The first kappa shape index (κ1) is 7.33. The van der Waals surface area contributed by atoms with Crippen LogP contribution >= 0.6 is 0 Å². The zero-order valence-corrected chi connectivity index (χ0v) is 7.58. The number of nitrogens with one attached hydrogen (secondary N) is 1. The Labute approximate surface area is 76.8 Å². The fraction of sp³-hybridized carbons (Fsp3) is 0.500. The summed E-state index contributed by atoms with van der Waals surface area (Å²) >= 11 is 0. The molecule has 0 amide bonds. The third kappa shape index (κ3) is 1.04. The largest absolute Gasteiger partial charge is 0.356 e. The van der Waals surface area contributed by atoms with Crippen LogP contribution in [-0.2, 0) is 0 Å². The first-order valence-electron chi connectivity index (χ1n) is 4.71. The van der Waals surface area contributed by atoms with Crippen molar-refractivity contribution in [3.63, 3.8) is 0 Å². The summed E-state index contributed by atoms with van der Waals surface area (Å²) in [6, 6.07) is 2.68. The quantitative estimate of drug-likeness (QED) is 0.702. The zero-order chi connectivity index (χ0) is 8.84. The van der Waals surface area contributed by atoms with Gasteiger partial charge in [-0.2, -0.15) is 0 Å². The number of aryl methyl sites for hydroxylation is 1. The topological polar surface area (TPSA) is 38.1 Å². The molecule has 1 saturated heterocycles. The smallest absolute Gasteiger partial charge is 0.162 e. The molecule has 1 N–H and O–H groups in total. The van der Waals surface area contributed by atoms with Gasteiger partial charge in [0.1, 0.15) is 0 Å². The van der Waals surface area contributed by atoms with Gasteiger partial charge >= 0.3 is 0 Å². The van der Waals surface area contributed by atoms with Crippen LogP contribution < -0.4 is 5.32 Å². The zero-order valence-electron chi connectivity index (χ0n) is 7.58.